The van der Waals surface area contributed by atoms with Crippen LogP contribution in [-0.2, 0) is 14.8 Å². The van der Waals surface area contributed by atoms with Crippen molar-refractivity contribution in [3.05, 3.63) is 88.7 Å². The third kappa shape index (κ3) is 5.47. The lowest BCUT2D eigenvalue weighted by Gasteiger charge is -2.33. The standard InChI is InChI=1S/C23H22Cl2FN3O3S/c1-16(23(30)28(14-13-27)19-5-3-2-4-6-19)29(22-15-18(25)9-12-21(22)26)33(31,32)20-10-7-17(24)8-11-20/h2-12,15-16H,13-14,27H2,1H3/t16-/m1/s1. The second-order valence-electron chi connectivity index (χ2n) is 7.14. The van der Waals surface area contributed by atoms with E-state index in [4.69, 9.17) is 28.9 Å². The number of benzene rings is 3. The maximum Gasteiger partial charge on any atom is 0.265 e. The Kier molecular flexibility index (Phi) is 7.97. The number of nitrogens with two attached hydrogens (primary N) is 1. The summed E-state index contributed by atoms with van der Waals surface area (Å²) >= 11 is 12.0. The van der Waals surface area contributed by atoms with E-state index in [2.05, 4.69) is 0 Å². The molecule has 1 amide bonds. The van der Waals surface area contributed by atoms with E-state index in [1.807, 2.05) is 0 Å². The fourth-order valence-electron chi connectivity index (χ4n) is 3.35. The Morgan fingerprint density at radius 2 is 1.61 bits per heavy atom. The van der Waals surface area contributed by atoms with Crippen molar-refractivity contribution < 1.29 is 17.6 Å². The van der Waals surface area contributed by atoms with Crippen LogP contribution in [0.2, 0.25) is 10.0 Å². The second-order valence-corrected chi connectivity index (χ2v) is 9.83. The summed E-state index contributed by atoms with van der Waals surface area (Å²) in [6.45, 7) is 1.67. The van der Waals surface area contributed by atoms with Crippen molar-refractivity contribution in [2.45, 2.75) is 17.9 Å². The minimum absolute atomic E-state index is 0.115. The van der Waals surface area contributed by atoms with Gasteiger partial charge in [0.25, 0.3) is 15.9 Å². The largest absolute Gasteiger partial charge is 0.329 e. The van der Waals surface area contributed by atoms with Crippen LogP contribution in [0.15, 0.2) is 77.7 Å². The summed E-state index contributed by atoms with van der Waals surface area (Å²) in [5.74, 6) is -1.43. The number of anilines is 2. The van der Waals surface area contributed by atoms with Gasteiger partial charge in [0, 0.05) is 28.8 Å². The molecule has 3 aromatic carbocycles. The SMILES string of the molecule is C[C@H](C(=O)N(CCN)c1ccccc1)N(c1cc(Cl)ccc1F)S(=O)(=O)c1ccc(Cl)cc1. The highest BCUT2D eigenvalue weighted by molar-refractivity contribution is 7.93. The molecule has 3 aromatic rings. The van der Waals surface area contributed by atoms with E-state index in [0.717, 1.165) is 10.4 Å². The van der Waals surface area contributed by atoms with Crippen molar-refractivity contribution in [3.63, 3.8) is 0 Å². The lowest BCUT2D eigenvalue weighted by molar-refractivity contribution is -0.119. The van der Waals surface area contributed by atoms with E-state index in [9.17, 15) is 17.6 Å². The van der Waals surface area contributed by atoms with Crippen molar-refractivity contribution in [2.75, 3.05) is 22.3 Å². The molecule has 6 nitrogen and oxygen atoms in total. The Bertz CT molecular complexity index is 1230. The van der Waals surface area contributed by atoms with E-state index in [1.165, 1.54) is 48.2 Å². The summed E-state index contributed by atoms with van der Waals surface area (Å²) in [7, 11) is -4.39. The van der Waals surface area contributed by atoms with Gasteiger partial charge in [-0.05, 0) is 61.5 Å². The first-order valence-electron chi connectivity index (χ1n) is 9.98. The molecule has 0 aliphatic carbocycles. The van der Waals surface area contributed by atoms with Crippen LogP contribution in [-0.4, -0.2) is 33.5 Å². The molecule has 0 bridgehead atoms. The molecule has 0 saturated heterocycles. The van der Waals surface area contributed by atoms with E-state index in [-0.39, 0.29) is 28.7 Å². The lowest BCUT2D eigenvalue weighted by atomic mass is 10.2. The molecule has 0 radical (unpaired) electrons. The molecule has 0 aromatic heterocycles. The highest BCUT2D eigenvalue weighted by atomic mass is 35.5. The predicted molar refractivity (Wildman–Crippen MR) is 130 cm³/mol. The van der Waals surface area contributed by atoms with Crippen LogP contribution >= 0.6 is 23.2 Å². The molecule has 2 N–H and O–H groups in total. The van der Waals surface area contributed by atoms with Crippen LogP contribution in [0.3, 0.4) is 0 Å². The van der Waals surface area contributed by atoms with Gasteiger partial charge in [-0.25, -0.2) is 12.8 Å². The normalized spacial score (nSPS) is 12.3. The minimum Gasteiger partial charge on any atom is -0.329 e. The van der Waals surface area contributed by atoms with Gasteiger partial charge >= 0.3 is 0 Å². The molecule has 1 atom stereocenters. The number of hydrogen-bond donors (Lipinski definition) is 1. The molecular weight excluding hydrogens is 488 g/mol. The van der Waals surface area contributed by atoms with Gasteiger partial charge in [0.2, 0.25) is 0 Å². The van der Waals surface area contributed by atoms with Gasteiger partial charge in [-0.15, -0.1) is 0 Å². The number of carbonyl (C=O) groups excluding carboxylic acids is 1. The summed E-state index contributed by atoms with van der Waals surface area (Å²) in [6.07, 6.45) is 0. The van der Waals surface area contributed by atoms with Crippen LogP contribution in [0.1, 0.15) is 6.92 Å². The number of carbonyl (C=O) groups is 1. The fourth-order valence-corrected chi connectivity index (χ4v) is 5.26. The zero-order valence-corrected chi connectivity index (χ0v) is 20.0. The van der Waals surface area contributed by atoms with Gasteiger partial charge in [-0.3, -0.25) is 9.10 Å². The summed E-state index contributed by atoms with van der Waals surface area (Å²) in [6, 6.07) is 16.3. The molecule has 0 aliphatic heterocycles. The summed E-state index contributed by atoms with van der Waals surface area (Å²) < 4.78 is 42.9. The maximum absolute atomic E-state index is 14.9. The number of halogens is 3. The van der Waals surface area contributed by atoms with Crippen LogP contribution < -0.4 is 14.9 Å². The molecule has 0 aliphatic rings. The second kappa shape index (κ2) is 10.5. The topological polar surface area (TPSA) is 83.7 Å². The zero-order valence-electron chi connectivity index (χ0n) is 17.7. The molecule has 0 fully saturated rings. The van der Waals surface area contributed by atoms with E-state index in [1.54, 1.807) is 30.3 Å². The van der Waals surface area contributed by atoms with E-state index in [0.29, 0.717) is 10.7 Å². The zero-order chi connectivity index (χ0) is 24.2. The molecule has 33 heavy (non-hydrogen) atoms. The maximum atomic E-state index is 14.9. The highest BCUT2D eigenvalue weighted by Crippen LogP contribution is 2.32. The highest BCUT2D eigenvalue weighted by Gasteiger charge is 2.37. The summed E-state index contributed by atoms with van der Waals surface area (Å²) in [4.78, 5) is 14.8. The summed E-state index contributed by atoms with van der Waals surface area (Å²) in [5, 5.41) is 0.445. The van der Waals surface area contributed by atoms with E-state index >= 15 is 0 Å². The molecule has 0 unspecified atom stereocenters. The summed E-state index contributed by atoms with van der Waals surface area (Å²) in [5.41, 5.74) is 5.90. The Hall–Kier alpha value is -2.65. The first-order valence-corrected chi connectivity index (χ1v) is 12.2. The van der Waals surface area contributed by atoms with Gasteiger partial charge in [0.1, 0.15) is 11.9 Å². The number of hydrogen-bond acceptors (Lipinski definition) is 4. The third-order valence-corrected chi connectivity index (χ3v) is 7.30. The quantitative estimate of drug-likeness (QED) is 0.476. The molecule has 0 spiro atoms. The molecular formula is C23H22Cl2FN3O3S. The molecule has 0 heterocycles. The van der Waals surface area contributed by atoms with Gasteiger partial charge in [-0.2, -0.15) is 0 Å². The van der Waals surface area contributed by atoms with Gasteiger partial charge in [-0.1, -0.05) is 41.4 Å². The monoisotopic (exact) mass is 509 g/mol. The van der Waals surface area contributed by atoms with Crippen molar-refractivity contribution in [1.29, 1.82) is 0 Å². The van der Waals surface area contributed by atoms with Crippen LogP contribution in [0.25, 0.3) is 0 Å². The minimum atomic E-state index is -4.39. The van der Waals surface area contributed by atoms with Crippen molar-refractivity contribution in [2.24, 2.45) is 5.73 Å². The fraction of sp³-hybridized carbons (Fsp3) is 0.174. The number of rotatable bonds is 8. The molecule has 10 heteroatoms. The molecule has 0 saturated carbocycles. The van der Waals surface area contributed by atoms with Gasteiger partial charge < -0.3 is 10.6 Å². The lowest BCUT2D eigenvalue weighted by Crippen LogP contribution is -2.51. The average Bonchev–Trinajstić information content (AvgIpc) is 2.80. The van der Waals surface area contributed by atoms with E-state index < -0.39 is 27.8 Å². The number of sulfonamides is 1. The van der Waals surface area contributed by atoms with Gasteiger partial charge in [0.15, 0.2) is 0 Å². The number of amides is 1. The van der Waals surface area contributed by atoms with Crippen molar-refractivity contribution in [3.8, 4) is 0 Å². The predicted octanol–water partition coefficient (Wildman–Crippen LogP) is 4.71. The third-order valence-electron chi connectivity index (χ3n) is 4.91. The smallest absolute Gasteiger partial charge is 0.265 e. The van der Waals surface area contributed by atoms with Crippen LogP contribution in [0.4, 0.5) is 15.8 Å². The Morgan fingerprint density at radius 1 is 1.00 bits per heavy atom. The van der Waals surface area contributed by atoms with Crippen LogP contribution in [0, 0.1) is 5.82 Å². The van der Waals surface area contributed by atoms with Crippen LogP contribution in [0.5, 0.6) is 0 Å². The first-order chi connectivity index (χ1) is 15.7. The molecule has 3 rings (SSSR count). The van der Waals surface area contributed by atoms with Crippen molar-refractivity contribution >= 4 is 50.5 Å². The average molecular weight is 510 g/mol. The number of nitrogens with zero attached hydrogens (tertiary/aromatic N) is 2. The Labute approximate surface area is 202 Å². The number of para-hydroxylation sites is 1. The molecule has 174 valence electrons. The first kappa shape index (κ1) is 25.0. The van der Waals surface area contributed by atoms with Gasteiger partial charge in [0.05, 0.1) is 10.6 Å². The van der Waals surface area contributed by atoms with Crippen molar-refractivity contribution in [1.82, 2.24) is 0 Å². The Balaban J connectivity index is 2.15. The Morgan fingerprint density at radius 3 is 2.21 bits per heavy atom.